The molecule has 0 aromatic heterocycles. The Balaban J connectivity index is 2.87. The summed E-state index contributed by atoms with van der Waals surface area (Å²) in [6.45, 7) is 1.47. The molecule has 1 aliphatic heterocycles. The van der Waals surface area contributed by atoms with Crippen molar-refractivity contribution in [2.45, 2.75) is 29.9 Å². The Kier molecular flexibility index (Phi) is 5.35. The van der Waals surface area contributed by atoms with E-state index in [0.717, 1.165) is 11.4 Å². The first-order chi connectivity index (χ1) is 12.6. The molecule has 2 atom stereocenters. The van der Waals surface area contributed by atoms with Gasteiger partial charge in [0.25, 0.3) is 0 Å². The molecule has 142 valence electrons. The van der Waals surface area contributed by atoms with Crippen LogP contribution in [0.4, 0.5) is 0 Å². The van der Waals surface area contributed by atoms with Crippen molar-refractivity contribution in [3.05, 3.63) is 35.9 Å². The lowest BCUT2D eigenvalue weighted by atomic mass is 9.72. The maximum atomic E-state index is 13.0. The summed E-state index contributed by atoms with van der Waals surface area (Å²) in [4.78, 5) is 37.9. The van der Waals surface area contributed by atoms with E-state index in [2.05, 4.69) is 6.07 Å². The molecule has 1 heterocycles. The van der Waals surface area contributed by atoms with E-state index in [0.29, 0.717) is 5.56 Å². The van der Waals surface area contributed by atoms with Crippen LogP contribution in [0.3, 0.4) is 0 Å². The van der Waals surface area contributed by atoms with Crippen molar-refractivity contribution in [1.82, 2.24) is 4.31 Å². The van der Waals surface area contributed by atoms with E-state index in [1.165, 1.54) is 19.4 Å². The molecule has 1 aromatic rings. The molecule has 0 saturated carbocycles. The third-order valence-electron chi connectivity index (χ3n) is 5.12. The van der Waals surface area contributed by atoms with Crippen LogP contribution in [0.15, 0.2) is 30.3 Å². The predicted octanol–water partition coefficient (Wildman–Crippen LogP) is 2.03. The molecular formula is C19H21N3O4S. The Morgan fingerprint density at radius 3 is 2.04 bits per heavy atom. The molecule has 0 N–H and O–H groups in total. The van der Waals surface area contributed by atoms with E-state index in [4.69, 9.17) is 4.74 Å². The molecule has 2 amide bonds. The summed E-state index contributed by atoms with van der Waals surface area (Å²) in [6.07, 6.45) is 3.11. The van der Waals surface area contributed by atoms with Crippen LogP contribution in [0.1, 0.15) is 25.3 Å². The highest BCUT2D eigenvalue weighted by molar-refractivity contribution is 8.33. The minimum Gasteiger partial charge on any atom is -0.467 e. The second-order valence-corrected chi connectivity index (χ2v) is 10.3. The summed E-state index contributed by atoms with van der Waals surface area (Å²) in [7, 11) is -1.64. The molecule has 0 aliphatic carbocycles. The number of nitriles is 2. The van der Waals surface area contributed by atoms with Gasteiger partial charge in [-0.3, -0.25) is 9.59 Å². The fraction of sp³-hybridized carbons (Fsp3) is 0.421. The first-order valence-corrected chi connectivity index (χ1v) is 10.6. The van der Waals surface area contributed by atoms with Crippen LogP contribution in [0.5, 0.6) is 0 Å². The van der Waals surface area contributed by atoms with Gasteiger partial charge in [0.05, 0.1) is 19.2 Å². The number of amides is 2. The average Bonchev–Trinajstić information content (AvgIpc) is 3.01. The number of hydrogen-bond donors (Lipinski definition) is 0. The van der Waals surface area contributed by atoms with Gasteiger partial charge in [0.2, 0.25) is 16.6 Å². The van der Waals surface area contributed by atoms with Crippen molar-refractivity contribution in [3.63, 3.8) is 0 Å². The molecule has 27 heavy (non-hydrogen) atoms. The monoisotopic (exact) mass is 387 g/mol. The van der Waals surface area contributed by atoms with Gasteiger partial charge < -0.3 is 4.74 Å². The molecule has 0 bridgehead atoms. The molecule has 2 unspecified atom stereocenters. The van der Waals surface area contributed by atoms with Gasteiger partial charge in [0.1, 0.15) is 5.41 Å². The average molecular weight is 387 g/mol. The van der Waals surface area contributed by atoms with E-state index in [1.807, 2.05) is 6.07 Å². The fourth-order valence-electron chi connectivity index (χ4n) is 3.64. The highest BCUT2D eigenvalue weighted by atomic mass is 32.3. The molecule has 1 saturated heterocycles. The van der Waals surface area contributed by atoms with Crippen LogP contribution < -0.4 is 0 Å². The third kappa shape index (κ3) is 2.68. The predicted molar refractivity (Wildman–Crippen MR) is 100 cm³/mol. The molecule has 0 spiro atoms. The minimum atomic E-state index is -2.76. The standard InChI is InChI=1S/C19H21N3O4S/c1-18(12-20,14-8-6-5-7-9-14)19(13-21,17(25)26-2)27(3,4)22-15(23)10-11-16(22)24/h5-9H,10-11H2,1-4H3. The van der Waals surface area contributed by atoms with Gasteiger partial charge in [-0.2, -0.15) is 10.5 Å². The molecule has 1 aliphatic rings. The van der Waals surface area contributed by atoms with Crippen molar-refractivity contribution < 1.29 is 19.1 Å². The topological polar surface area (TPSA) is 111 Å². The van der Waals surface area contributed by atoms with Crippen LogP contribution >= 0.6 is 10.2 Å². The lowest BCUT2D eigenvalue weighted by molar-refractivity contribution is -0.143. The van der Waals surface area contributed by atoms with Crippen LogP contribution in [0.2, 0.25) is 0 Å². The largest absolute Gasteiger partial charge is 0.467 e. The van der Waals surface area contributed by atoms with Crippen LogP contribution in [0.25, 0.3) is 0 Å². The van der Waals surface area contributed by atoms with Crippen LogP contribution in [-0.4, -0.2) is 46.5 Å². The molecular weight excluding hydrogens is 366 g/mol. The van der Waals surface area contributed by atoms with Gasteiger partial charge in [0.15, 0.2) is 0 Å². The Morgan fingerprint density at radius 1 is 1.11 bits per heavy atom. The van der Waals surface area contributed by atoms with Gasteiger partial charge in [-0.1, -0.05) is 30.3 Å². The van der Waals surface area contributed by atoms with Gasteiger partial charge in [0, 0.05) is 12.8 Å². The Labute approximate surface area is 160 Å². The number of esters is 1. The molecule has 0 radical (unpaired) electrons. The summed E-state index contributed by atoms with van der Waals surface area (Å²) in [5.74, 6) is -1.83. The minimum absolute atomic E-state index is 0.0204. The van der Waals surface area contributed by atoms with E-state index in [-0.39, 0.29) is 12.8 Å². The summed E-state index contributed by atoms with van der Waals surface area (Å²) in [5.41, 5.74) is -1.22. The van der Waals surface area contributed by atoms with E-state index in [9.17, 15) is 24.9 Å². The first kappa shape index (κ1) is 20.5. The summed E-state index contributed by atoms with van der Waals surface area (Å²) >= 11 is 0. The zero-order chi connectivity index (χ0) is 20.5. The van der Waals surface area contributed by atoms with Gasteiger partial charge >= 0.3 is 5.97 Å². The molecule has 8 heteroatoms. The molecule has 2 rings (SSSR count). The molecule has 1 aromatic carbocycles. The number of imide groups is 1. The van der Waals surface area contributed by atoms with E-state index in [1.54, 1.807) is 30.3 Å². The smallest absolute Gasteiger partial charge is 0.338 e. The number of benzene rings is 1. The Hall–Kier alpha value is -2.84. The van der Waals surface area contributed by atoms with Gasteiger partial charge in [-0.15, -0.1) is 10.2 Å². The SMILES string of the molecule is COC(=O)C(C#N)(C(C)(C#N)c1ccccc1)S(C)(C)N1C(=O)CCC1=O. The van der Waals surface area contributed by atoms with E-state index >= 15 is 0 Å². The zero-order valence-electron chi connectivity index (χ0n) is 15.7. The van der Waals surface area contributed by atoms with E-state index < -0.39 is 38.2 Å². The van der Waals surface area contributed by atoms with Crippen molar-refractivity contribution in [2.75, 3.05) is 19.6 Å². The number of nitrogens with zero attached hydrogens (tertiary/aromatic N) is 3. The summed E-state index contributed by atoms with van der Waals surface area (Å²) in [6, 6.07) is 12.5. The number of rotatable bonds is 5. The zero-order valence-corrected chi connectivity index (χ0v) is 16.5. The van der Waals surface area contributed by atoms with Gasteiger partial charge in [-0.05, 0) is 25.0 Å². The fourth-order valence-corrected chi connectivity index (χ4v) is 6.99. The normalized spacial score (nSPS) is 19.4. The lowest BCUT2D eigenvalue weighted by Crippen LogP contribution is -2.61. The first-order valence-electron chi connectivity index (χ1n) is 8.19. The van der Waals surface area contributed by atoms with Crippen molar-refractivity contribution in [3.8, 4) is 12.1 Å². The van der Waals surface area contributed by atoms with Gasteiger partial charge in [-0.25, -0.2) is 9.10 Å². The lowest BCUT2D eigenvalue weighted by Gasteiger charge is -2.53. The summed E-state index contributed by atoms with van der Waals surface area (Å²) < 4.78 is 3.90. The number of methoxy groups -OCH3 is 1. The number of ether oxygens (including phenoxy) is 1. The van der Waals surface area contributed by atoms with Crippen LogP contribution in [-0.2, 0) is 24.5 Å². The maximum Gasteiger partial charge on any atom is 0.338 e. The Bertz CT molecular complexity index is 855. The maximum absolute atomic E-state index is 13.0. The van der Waals surface area contributed by atoms with Crippen molar-refractivity contribution in [1.29, 1.82) is 10.5 Å². The van der Waals surface area contributed by atoms with Crippen molar-refractivity contribution in [2.24, 2.45) is 0 Å². The number of carbonyl (C=O) groups excluding carboxylic acids is 3. The highest BCUT2D eigenvalue weighted by Crippen LogP contribution is 2.64. The molecule has 7 nitrogen and oxygen atoms in total. The number of hydrogen-bond acceptors (Lipinski definition) is 6. The molecule has 1 fully saturated rings. The third-order valence-corrected chi connectivity index (χ3v) is 8.61. The number of carbonyl (C=O) groups is 3. The summed E-state index contributed by atoms with van der Waals surface area (Å²) in [5, 5.41) is 20.3. The second kappa shape index (κ2) is 7.05. The Morgan fingerprint density at radius 2 is 1.63 bits per heavy atom. The van der Waals surface area contributed by atoms with Crippen LogP contribution in [0, 0.1) is 22.7 Å². The quantitative estimate of drug-likeness (QED) is 0.564. The highest BCUT2D eigenvalue weighted by Gasteiger charge is 2.67. The second-order valence-electron chi connectivity index (χ2n) is 6.74. The van der Waals surface area contributed by atoms with Crippen molar-refractivity contribution >= 4 is 28.0 Å².